The summed E-state index contributed by atoms with van der Waals surface area (Å²) >= 11 is 0. The maximum atomic E-state index is 13.2. The largest absolute Gasteiger partial charge is 0.462 e. The molecule has 11 atom stereocenters. The standard InChI is InChI=1S/C32H46O6/c1-17(2)18(3)27(35)28(36)19(4)26-23(38-21(6)33)15-30(8)24-10-9-22-20(5)37-25(34)11-12-31(22)16-32(24,31)14-13-29(26,30)7/h11-12,17,19-20,22-24,26,28,36H,3,9-10,13-16H2,1-2,4-8H3. The summed E-state index contributed by atoms with van der Waals surface area (Å²) in [6.07, 6.45) is 8.03. The zero-order valence-electron chi connectivity index (χ0n) is 24.2. The topological polar surface area (TPSA) is 89.9 Å². The van der Waals surface area contributed by atoms with E-state index in [1.54, 1.807) is 6.08 Å². The van der Waals surface area contributed by atoms with Gasteiger partial charge in [-0.05, 0) is 85.0 Å². The number of hydrogen-bond donors (Lipinski definition) is 1. The third kappa shape index (κ3) is 3.50. The van der Waals surface area contributed by atoms with Crippen LogP contribution >= 0.6 is 0 Å². The number of fused-ring (bicyclic) bond motifs is 2. The smallest absolute Gasteiger partial charge is 0.330 e. The first-order chi connectivity index (χ1) is 17.6. The molecule has 0 aromatic carbocycles. The molecule has 6 nitrogen and oxygen atoms in total. The monoisotopic (exact) mass is 526 g/mol. The lowest BCUT2D eigenvalue weighted by Crippen LogP contribution is -2.55. The van der Waals surface area contributed by atoms with E-state index in [-0.39, 0.29) is 69.3 Å². The third-order valence-electron chi connectivity index (χ3n) is 12.5. The fraction of sp³-hybridized carbons (Fsp3) is 0.781. The van der Waals surface area contributed by atoms with Crippen LogP contribution in [0.3, 0.4) is 0 Å². The van der Waals surface area contributed by atoms with Gasteiger partial charge >= 0.3 is 11.9 Å². The number of ether oxygens (including phenoxy) is 2. The Morgan fingerprint density at radius 1 is 1.16 bits per heavy atom. The Balaban J connectivity index is 1.52. The van der Waals surface area contributed by atoms with Gasteiger partial charge in [0.05, 0.1) is 0 Å². The molecule has 0 aromatic rings. The highest BCUT2D eigenvalue weighted by molar-refractivity contribution is 5.98. The van der Waals surface area contributed by atoms with Crippen LogP contribution in [0.2, 0.25) is 0 Å². The Labute approximate surface area is 227 Å². The van der Waals surface area contributed by atoms with Crippen LogP contribution in [0.5, 0.6) is 0 Å². The second-order valence-corrected chi connectivity index (χ2v) is 14.1. The van der Waals surface area contributed by atoms with Crippen molar-refractivity contribution in [2.45, 2.75) is 105 Å². The summed E-state index contributed by atoms with van der Waals surface area (Å²) in [6.45, 7) is 17.9. The maximum Gasteiger partial charge on any atom is 0.330 e. The normalized spacial score (nSPS) is 46.4. The van der Waals surface area contributed by atoms with E-state index in [2.05, 4.69) is 26.5 Å². The summed E-state index contributed by atoms with van der Waals surface area (Å²) in [4.78, 5) is 37.8. The van der Waals surface area contributed by atoms with E-state index < -0.39 is 6.10 Å². The van der Waals surface area contributed by atoms with E-state index in [1.807, 2.05) is 27.7 Å². The Bertz CT molecular complexity index is 1090. The van der Waals surface area contributed by atoms with Crippen molar-refractivity contribution in [1.82, 2.24) is 0 Å². The molecule has 0 amide bonds. The zero-order valence-corrected chi connectivity index (χ0v) is 24.2. The average molecular weight is 527 g/mol. The lowest BCUT2D eigenvalue weighted by Gasteiger charge is -2.60. The summed E-state index contributed by atoms with van der Waals surface area (Å²) in [5.41, 5.74) is 0.182. The Morgan fingerprint density at radius 3 is 2.47 bits per heavy atom. The molecule has 4 saturated carbocycles. The van der Waals surface area contributed by atoms with Crippen molar-refractivity contribution in [1.29, 1.82) is 0 Å². The molecule has 1 heterocycles. The summed E-state index contributed by atoms with van der Waals surface area (Å²) in [5, 5.41) is 11.3. The van der Waals surface area contributed by atoms with Gasteiger partial charge in [0, 0.05) is 30.3 Å². The van der Waals surface area contributed by atoms with Gasteiger partial charge in [0.1, 0.15) is 18.3 Å². The van der Waals surface area contributed by atoms with Crippen molar-refractivity contribution in [3.05, 3.63) is 24.3 Å². The van der Waals surface area contributed by atoms with Crippen LogP contribution < -0.4 is 0 Å². The number of Topliss-reactive ketones (excluding diaryl/α,β-unsaturated/α-hetero) is 1. The third-order valence-corrected chi connectivity index (χ3v) is 12.5. The second kappa shape index (κ2) is 8.78. The number of esters is 2. The van der Waals surface area contributed by atoms with E-state index in [9.17, 15) is 19.5 Å². The van der Waals surface area contributed by atoms with Crippen LogP contribution in [0.4, 0.5) is 0 Å². The number of ketones is 1. The van der Waals surface area contributed by atoms with Gasteiger partial charge in [-0.3, -0.25) is 9.59 Å². The molecule has 38 heavy (non-hydrogen) atoms. The number of aliphatic hydroxyl groups is 1. The van der Waals surface area contributed by atoms with Crippen LogP contribution in [0, 0.1) is 51.2 Å². The van der Waals surface area contributed by atoms with Gasteiger partial charge in [0.2, 0.25) is 0 Å². The van der Waals surface area contributed by atoms with Gasteiger partial charge in [-0.1, -0.05) is 47.3 Å². The van der Waals surface area contributed by atoms with Crippen LogP contribution in [-0.4, -0.2) is 41.1 Å². The Hall–Kier alpha value is -1.95. The van der Waals surface area contributed by atoms with E-state index in [0.29, 0.717) is 17.4 Å². The van der Waals surface area contributed by atoms with Gasteiger partial charge < -0.3 is 14.6 Å². The maximum absolute atomic E-state index is 13.2. The molecule has 0 radical (unpaired) electrons. The molecule has 2 spiro atoms. The van der Waals surface area contributed by atoms with Crippen molar-refractivity contribution in [2.75, 3.05) is 0 Å². The highest BCUT2D eigenvalue weighted by Crippen LogP contribution is 2.86. The quantitative estimate of drug-likeness (QED) is 0.367. The highest BCUT2D eigenvalue weighted by Gasteiger charge is 2.81. The molecule has 1 N–H and O–H groups in total. The van der Waals surface area contributed by atoms with Crippen molar-refractivity contribution < 1.29 is 29.0 Å². The van der Waals surface area contributed by atoms with Crippen LogP contribution in [0.25, 0.3) is 0 Å². The number of rotatable bonds is 6. The molecule has 0 aromatic heterocycles. The molecule has 0 bridgehead atoms. The molecule has 0 saturated heterocycles. The molecule has 1 aliphatic heterocycles. The van der Waals surface area contributed by atoms with Crippen molar-refractivity contribution in [3.8, 4) is 0 Å². The first-order valence-electron chi connectivity index (χ1n) is 14.6. The second-order valence-electron chi connectivity index (χ2n) is 14.1. The first-order valence-corrected chi connectivity index (χ1v) is 14.6. The van der Waals surface area contributed by atoms with E-state index in [1.165, 1.54) is 6.92 Å². The molecule has 210 valence electrons. The lowest BCUT2D eigenvalue weighted by molar-refractivity contribution is -0.155. The number of allylic oxidation sites excluding steroid dienone is 1. The summed E-state index contributed by atoms with van der Waals surface area (Å²) < 4.78 is 11.7. The highest BCUT2D eigenvalue weighted by atomic mass is 16.5. The molecule has 5 aliphatic rings. The first kappa shape index (κ1) is 27.6. The van der Waals surface area contributed by atoms with Gasteiger partial charge in [-0.25, -0.2) is 4.79 Å². The van der Waals surface area contributed by atoms with Crippen molar-refractivity contribution >= 4 is 17.7 Å². The predicted molar refractivity (Wildman–Crippen MR) is 144 cm³/mol. The van der Waals surface area contributed by atoms with Crippen molar-refractivity contribution in [2.24, 2.45) is 51.2 Å². The van der Waals surface area contributed by atoms with Gasteiger partial charge in [0.25, 0.3) is 0 Å². The molecule has 6 heteroatoms. The zero-order chi connectivity index (χ0) is 28.0. The number of hydrogen-bond acceptors (Lipinski definition) is 6. The number of aliphatic hydroxyl groups excluding tert-OH is 1. The molecule has 4 aliphatic carbocycles. The molecular formula is C32H46O6. The minimum atomic E-state index is -1.18. The van der Waals surface area contributed by atoms with Gasteiger partial charge in [0.15, 0.2) is 5.78 Å². The summed E-state index contributed by atoms with van der Waals surface area (Å²) in [7, 11) is 0. The fourth-order valence-corrected chi connectivity index (χ4v) is 10.5. The lowest BCUT2D eigenvalue weighted by atomic mass is 9.44. The van der Waals surface area contributed by atoms with E-state index in [0.717, 1.165) is 38.5 Å². The Morgan fingerprint density at radius 2 is 1.84 bits per heavy atom. The molecule has 11 unspecified atom stereocenters. The van der Waals surface area contributed by atoms with E-state index >= 15 is 0 Å². The Kier molecular flexibility index (Phi) is 6.38. The van der Waals surface area contributed by atoms with Gasteiger partial charge in [-0.2, -0.15) is 0 Å². The van der Waals surface area contributed by atoms with Crippen LogP contribution in [0.15, 0.2) is 24.3 Å². The fourth-order valence-electron chi connectivity index (χ4n) is 10.5. The summed E-state index contributed by atoms with van der Waals surface area (Å²) in [6, 6.07) is 0. The average Bonchev–Trinajstić information content (AvgIpc) is 3.48. The van der Waals surface area contributed by atoms with E-state index in [4.69, 9.17) is 9.47 Å². The molecule has 5 rings (SSSR count). The molecule has 4 fully saturated rings. The predicted octanol–water partition coefficient (Wildman–Crippen LogP) is 5.43. The van der Waals surface area contributed by atoms with Crippen LogP contribution in [0.1, 0.15) is 87.0 Å². The minimum absolute atomic E-state index is 0.0169. The van der Waals surface area contributed by atoms with Crippen molar-refractivity contribution in [3.63, 3.8) is 0 Å². The number of carbonyl (C=O) groups excluding carboxylic acids is 3. The van der Waals surface area contributed by atoms with Crippen LogP contribution in [-0.2, 0) is 23.9 Å². The SMILES string of the molecule is C=C(C(=O)C(O)C(C)C1C(OC(C)=O)CC2(C)C3CCC4C(C)OC(=O)C=CC45CC35CCC12C)C(C)C. The minimum Gasteiger partial charge on any atom is -0.462 e. The van der Waals surface area contributed by atoms with Gasteiger partial charge in [-0.15, -0.1) is 0 Å². The molecular weight excluding hydrogens is 480 g/mol. The number of cyclic esters (lactones) is 1. The summed E-state index contributed by atoms with van der Waals surface area (Å²) in [5.74, 6) is -0.687. The number of carbonyl (C=O) groups is 3.